The average Bonchev–Trinajstić information content (AvgIpc) is 3.54. The Hall–Kier alpha value is -1.99. The Balaban J connectivity index is 0.000000339. The van der Waals surface area contributed by atoms with E-state index in [1.54, 1.807) is 4.57 Å². The largest absolute Gasteiger partial charge is 0.490 e. The highest BCUT2D eigenvalue weighted by Gasteiger charge is 2.38. The van der Waals surface area contributed by atoms with Crippen LogP contribution in [0.3, 0.4) is 0 Å². The van der Waals surface area contributed by atoms with Crippen LogP contribution < -0.4 is 10.3 Å². The third-order valence-electron chi connectivity index (χ3n) is 5.23. The first-order valence-corrected chi connectivity index (χ1v) is 11.6. The van der Waals surface area contributed by atoms with Crippen molar-refractivity contribution in [2.45, 2.75) is 63.2 Å². The van der Waals surface area contributed by atoms with Gasteiger partial charge in [0.25, 0.3) is 5.56 Å². The second-order valence-corrected chi connectivity index (χ2v) is 10.1. The fraction of sp³-hybridized carbons (Fsp3) is 0.722. The topological polar surface area (TPSA) is 122 Å². The van der Waals surface area contributed by atoms with Crippen molar-refractivity contribution in [2.75, 3.05) is 13.1 Å². The van der Waals surface area contributed by atoms with Crippen LogP contribution in [0.25, 0.3) is 0 Å². The number of alkyl halides is 3. The summed E-state index contributed by atoms with van der Waals surface area (Å²) in [7, 11) is -3.25. The van der Waals surface area contributed by atoms with E-state index in [9.17, 15) is 26.4 Å². The number of halogens is 3. The number of aliphatic carboxylic acids is 1. The number of hydrogen-bond donors (Lipinski definition) is 2. The van der Waals surface area contributed by atoms with Gasteiger partial charge in [-0.3, -0.25) is 14.3 Å². The number of fused-ring (bicyclic) bond motifs is 1. The summed E-state index contributed by atoms with van der Waals surface area (Å²) in [5.74, 6) is -1.19. The van der Waals surface area contributed by atoms with E-state index in [0.717, 1.165) is 44.1 Å². The minimum atomic E-state index is -5.08. The van der Waals surface area contributed by atoms with E-state index in [2.05, 4.69) is 14.6 Å². The number of carboxylic acids is 1. The van der Waals surface area contributed by atoms with Gasteiger partial charge in [-0.25, -0.2) is 22.9 Å². The number of carbonyl (C=O) groups is 1. The Bertz CT molecular complexity index is 971. The van der Waals surface area contributed by atoms with Crippen molar-refractivity contribution in [1.29, 1.82) is 0 Å². The quantitative estimate of drug-likeness (QED) is 0.643. The molecule has 0 unspecified atom stereocenters. The average molecular weight is 466 g/mol. The maximum absolute atomic E-state index is 12.4. The number of nitrogens with one attached hydrogen (secondary N) is 1. The van der Waals surface area contributed by atoms with Crippen LogP contribution in [-0.4, -0.2) is 58.5 Å². The molecule has 0 amide bonds. The molecule has 0 saturated heterocycles. The molecule has 0 bridgehead atoms. The van der Waals surface area contributed by atoms with Crippen molar-refractivity contribution in [2.24, 2.45) is 5.92 Å². The summed E-state index contributed by atoms with van der Waals surface area (Å²) in [6.07, 6.45) is -0.0636. The van der Waals surface area contributed by atoms with Crippen molar-refractivity contribution in [3.63, 3.8) is 0 Å². The number of carboxylic acid groups (broad SMARTS) is 1. The third-order valence-corrected chi connectivity index (χ3v) is 7.13. The van der Waals surface area contributed by atoms with Gasteiger partial charge >= 0.3 is 12.1 Å². The van der Waals surface area contributed by atoms with Crippen molar-refractivity contribution >= 4 is 16.0 Å². The summed E-state index contributed by atoms with van der Waals surface area (Å²) in [4.78, 5) is 28.2. The standard InChI is InChI=1S/C16H24N4O3S.C2HF3O2/c21-16-8-13(9-17-24(22,23)14-4-5-14)18-15-11-19(10-12-2-3-12)6-1-7-20(15)16;3-2(4,5)1(6)7/h8,12,14,17H,1-7,9-11H2;(H,6,7). The molecule has 2 fully saturated rings. The van der Waals surface area contributed by atoms with E-state index < -0.39 is 22.2 Å². The van der Waals surface area contributed by atoms with E-state index in [0.29, 0.717) is 18.8 Å². The first kappa shape index (κ1) is 23.7. The number of aromatic nitrogens is 2. The third kappa shape index (κ3) is 7.01. The van der Waals surface area contributed by atoms with Crippen molar-refractivity contribution in [1.82, 2.24) is 19.2 Å². The normalized spacial score (nSPS) is 19.7. The van der Waals surface area contributed by atoms with Gasteiger partial charge in [0.15, 0.2) is 0 Å². The zero-order chi connectivity index (χ0) is 22.8. The first-order valence-electron chi connectivity index (χ1n) is 10.1. The van der Waals surface area contributed by atoms with Crippen molar-refractivity contribution in [3.8, 4) is 0 Å². The highest BCUT2D eigenvalue weighted by atomic mass is 32.2. The molecule has 1 aromatic heterocycles. The van der Waals surface area contributed by atoms with Crippen LogP contribution in [0.1, 0.15) is 43.6 Å². The molecule has 2 N–H and O–H groups in total. The summed E-state index contributed by atoms with van der Waals surface area (Å²) < 4.78 is 60.0. The molecule has 0 radical (unpaired) electrons. The van der Waals surface area contributed by atoms with E-state index in [1.807, 2.05) is 0 Å². The summed E-state index contributed by atoms with van der Waals surface area (Å²) in [5, 5.41) is 6.87. The fourth-order valence-corrected chi connectivity index (χ4v) is 4.62. The van der Waals surface area contributed by atoms with E-state index in [1.165, 1.54) is 18.9 Å². The van der Waals surface area contributed by atoms with Crippen LogP contribution >= 0.6 is 0 Å². The SMILES string of the molecule is O=C(O)C(F)(F)F.O=c1cc(CNS(=O)(=O)C2CC2)nc2n1CCCN(CC1CC1)C2. The lowest BCUT2D eigenvalue weighted by Gasteiger charge is -2.19. The number of hydrogen-bond acceptors (Lipinski definition) is 6. The Labute approximate surface area is 177 Å². The zero-order valence-electron chi connectivity index (χ0n) is 16.8. The summed E-state index contributed by atoms with van der Waals surface area (Å²) in [6.45, 7) is 3.53. The van der Waals surface area contributed by atoms with E-state index >= 15 is 0 Å². The van der Waals surface area contributed by atoms with E-state index in [4.69, 9.17) is 9.90 Å². The molecule has 1 aliphatic heterocycles. The Kier molecular flexibility index (Phi) is 7.06. The maximum atomic E-state index is 12.4. The molecule has 0 atom stereocenters. The van der Waals surface area contributed by atoms with Crippen LogP contribution in [0, 0.1) is 5.92 Å². The second-order valence-electron chi connectivity index (χ2n) is 8.05. The number of sulfonamides is 1. The highest BCUT2D eigenvalue weighted by molar-refractivity contribution is 7.90. The predicted octanol–water partition coefficient (Wildman–Crippen LogP) is 1.07. The summed E-state index contributed by atoms with van der Waals surface area (Å²) >= 11 is 0. The molecule has 0 spiro atoms. The van der Waals surface area contributed by atoms with Gasteiger partial charge < -0.3 is 5.11 Å². The molecule has 2 aliphatic carbocycles. The molecular weight excluding hydrogens is 441 g/mol. The molecule has 4 rings (SSSR count). The Morgan fingerprint density at radius 2 is 1.87 bits per heavy atom. The molecule has 31 heavy (non-hydrogen) atoms. The maximum Gasteiger partial charge on any atom is 0.490 e. The van der Waals surface area contributed by atoms with Gasteiger partial charge in [-0.05, 0) is 38.0 Å². The van der Waals surface area contributed by atoms with Gasteiger partial charge in [-0.15, -0.1) is 0 Å². The molecule has 0 aromatic carbocycles. The van der Waals surface area contributed by atoms with Gasteiger partial charge in [0.05, 0.1) is 24.0 Å². The molecule has 9 nitrogen and oxygen atoms in total. The first-order chi connectivity index (χ1) is 14.5. The summed E-state index contributed by atoms with van der Waals surface area (Å²) in [5.41, 5.74) is 0.442. The van der Waals surface area contributed by atoms with Crippen molar-refractivity contribution in [3.05, 3.63) is 27.9 Å². The molecule has 3 aliphatic rings. The lowest BCUT2D eigenvalue weighted by atomic mass is 10.3. The molecular formula is C18H25F3N4O5S. The molecule has 2 saturated carbocycles. The van der Waals surface area contributed by atoms with Crippen molar-refractivity contribution < 1.29 is 31.5 Å². The van der Waals surface area contributed by atoms with Gasteiger partial charge in [0.1, 0.15) is 5.82 Å². The second kappa shape index (κ2) is 9.25. The minimum Gasteiger partial charge on any atom is -0.475 e. The highest BCUT2D eigenvalue weighted by Crippen LogP contribution is 2.30. The smallest absolute Gasteiger partial charge is 0.475 e. The molecule has 13 heteroatoms. The minimum absolute atomic E-state index is 0.0751. The molecule has 174 valence electrons. The van der Waals surface area contributed by atoms with Crippen LogP contribution in [0.15, 0.2) is 10.9 Å². The Morgan fingerprint density at radius 1 is 1.23 bits per heavy atom. The number of nitrogens with zero attached hydrogens (tertiary/aromatic N) is 3. The number of rotatable bonds is 6. The van der Waals surface area contributed by atoms with Gasteiger partial charge in [0, 0.05) is 25.7 Å². The van der Waals surface area contributed by atoms with E-state index in [-0.39, 0.29) is 17.4 Å². The molecule has 2 heterocycles. The lowest BCUT2D eigenvalue weighted by Crippen LogP contribution is -2.31. The van der Waals surface area contributed by atoms with Gasteiger partial charge in [-0.1, -0.05) is 0 Å². The van der Waals surface area contributed by atoms with Crippen LogP contribution in [-0.2, 0) is 34.5 Å². The van der Waals surface area contributed by atoms with Crippen LogP contribution in [0.5, 0.6) is 0 Å². The van der Waals surface area contributed by atoms with Gasteiger partial charge in [-0.2, -0.15) is 13.2 Å². The molecule has 1 aromatic rings. The lowest BCUT2D eigenvalue weighted by molar-refractivity contribution is -0.192. The van der Waals surface area contributed by atoms with Crippen LogP contribution in [0.4, 0.5) is 13.2 Å². The fourth-order valence-electron chi connectivity index (χ4n) is 3.28. The summed E-state index contributed by atoms with van der Waals surface area (Å²) in [6, 6.07) is 1.47. The van der Waals surface area contributed by atoms with Crippen LogP contribution in [0.2, 0.25) is 0 Å². The Morgan fingerprint density at radius 3 is 2.42 bits per heavy atom. The zero-order valence-corrected chi connectivity index (χ0v) is 17.6. The predicted molar refractivity (Wildman–Crippen MR) is 104 cm³/mol. The van der Waals surface area contributed by atoms with Gasteiger partial charge in [0.2, 0.25) is 10.0 Å². The monoisotopic (exact) mass is 466 g/mol.